The SMILES string of the molecule is CC.CC.CC1CC(=O)N(C)S(=O)(=O)C1. The molecule has 1 aliphatic rings. The zero-order chi connectivity index (χ0) is 12.6. The van der Waals surface area contributed by atoms with Crippen molar-refractivity contribution in [2.45, 2.75) is 41.0 Å². The molecule has 0 aliphatic carbocycles. The molecule has 1 atom stereocenters. The van der Waals surface area contributed by atoms with Crippen LogP contribution >= 0.6 is 0 Å². The van der Waals surface area contributed by atoms with Crippen LogP contribution in [0.4, 0.5) is 0 Å². The second kappa shape index (κ2) is 7.68. The predicted molar refractivity (Wildman–Crippen MR) is 63.0 cm³/mol. The van der Waals surface area contributed by atoms with Gasteiger partial charge in [-0.25, -0.2) is 12.7 Å². The van der Waals surface area contributed by atoms with Crippen molar-refractivity contribution in [1.29, 1.82) is 0 Å². The van der Waals surface area contributed by atoms with Crippen molar-refractivity contribution < 1.29 is 13.2 Å². The van der Waals surface area contributed by atoms with Crippen molar-refractivity contribution in [1.82, 2.24) is 4.31 Å². The maximum atomic E-state index is 11.1. The highest BCUT2D eigenvalue weighted by Crippen LogP contribution is 2.17. The lowest BCUT2D eigenvalue weighted by Crippen LogP contribution is -2.42. The van der Waals surface area contributed by atoms with Gasteiger partial charge >= 0.3 is 0 Å². The van der Waals surface area contributed by atoms with Crippen LogP contribution in [0.3, 0.4) is 0 Å². The van der Waals surface area contributed by atoms with E-state index in [1.807, 2.05) is 27.7 Å². The third kappa shape index (κ3) is 5.16. The monoisotopic (exact) mass is 237 g/mol. The molecular weight excluding hydrogens is 214 g/mol. The summed E-state index contributed by atoms with van der Waals surface area (Å²) in [5, 5.41) is 0. The van der Waals surface area contributed by atoms with Gasteiger partial charge in [-0.05, 0) is 5.92 Å². The molecule has 1 saturated heterocycles. The zero-order valence-corrected chi connectivity index (χ0v) is 11.4. The van der Waals surface area contributed by atoms with Gasteiger partial charge in [-0.2, -0.15) is 0 Å². The van der Waals surface area contributed by atoms with E-state index in [-0.39, 0.29) is 17.6 Å². The molecule has 1 aliphatic heterocycles. The van der Waals surface area contributed by atoms with Gasteiger partial charge in [-0.3, -0.25) is 4.79 Å². The van der Waals surface area contributed by atoms with Crippen LogP contribution in [0.5, 0.6) is 0 Å². The summed E-state index contributed by atoms with van der Waals surface area (Å²) in [7, 11) is -1.97. The summed E-state index contributed by atoms with van der Waals surface area (Å²) in [6, 6.07) is 0. The van der Waals surface area contributed by atoms with E-state index in [1.54, 1.807) is 6.92 Å². The largest absolute Gasteiger partial charge is 0.274 e. The Morgan fingerprint density at radius 3 is 1.93 bits per heavy atom. The van der Waals surface area contributed by atoms with Crippen molar-refractivity contribution in [2.75, 3.05) is 12.8 Å². The average Bonchev–Trinajstić information content (AvgIpc) is 2.20. The van der Waals surface area contributed by atoms with Crippen molar-refractivity contribution in [3.05, 3.63) is 0 Å². The smallest absolute Gasteiger partial charge is 0.237 e. The maximum absolute atomic E-state index is 11.1. The lowest BCUT2D eigenvalue weighted by molar-refractivity contribution is -0.126. The minimum atomic E-state index is -3.28. The Kier molecular flexibility index (Phi) is 8.62. The number of amides is 1. The highest BCUT2D eigenvalue weighted by molar-refractivity contribution is 7.89. The number of sulfonamides is 1. The molecule has 92 valence electrons. The van der Waals surface area contributed by atoms with E-state index < -0.39 is 10.0 Å². The van der Waals surface area contributed by atoms with E-state index in [0.717, 1.165) is 4.31 Å². The molecule has 1 unspecified atom stereocenters. The Hall–Kier alpha value is -0.580. The molecule has 0 bridgehead atoms. The molecule has 4 nitrogen and oxygen atoms in total. The Bertz CT molecular complexity index is 272. The lowest BCUT2D eigenvalue weighted by Gasteiger charge is -2.25. The molecule has 0 aromatic rings. The minimum absolute atomic E-state index is 0.0382. The number of hydrogen-bond acceptors (Lipinski definition) is 3. The van der Waals surface area contributed by atoms with Gasteiger partial charge in [0.25, 0.3) is 0 Å². The molecule has 0 spiro atoms. The van der Waals surface area contributed by atoms with Crippen LogP contribution in [-0.4, -0.2) is 31.4 Å². The highest BCUT2D eigenvalue weighted by atomic mass is 32.2. The number of carbonyl (C=O) groups is 1. The van der Waals surface area contributed by atoms with E-state index in [9.17, 15) is 13.2 Å². The van der Waals surface area contributed by atoms with E-state index in [1.165, 1.54) is 7.05 Å². The maximum Gasteiger partial charge on any atom is 0.237 e. The van der Waals surface area contributed by atoms with Gasteiger partial charge in [0.05, 0.1) is 5.75 Å². The first kappa shape index (κ1) is 16.8. The van der Waals surface area contributed by atoms with Crippen LogP contribution in [0.1, 0.15) is 41.0 Å². The number of carbonyl (C=O) groups excluding carboxylic acids is 1. The van der Waals surface area contributed by atoms with Crippen LogP contribution in [0, 0.1) is 5.92 Å². The first-order valence-electron chi connectivity index (χ1n) is 5.43. The van der Waals surface area contributed by atoms with E-state index in [4.69, 9.17) is 0 Å². The fourth-order valence-electron chi connectivity index (χ4n) is 1.11. The van der Waals surface area contributed by atoms with E-state index in [0.29, 0.717) is 6.42 Å². The summed E-state index contributed by atoms with van der Waals surface area (Å²) in [4.78, 5) is 11.0. The first-order chi connectivity index (χ1) is 6.93. The zero-order valence-electron chi connectivity index (χ0n) is 10.6. The van der Waals surface area contributed by atoms with Gasteiger partial charge in [0.15, 0.2) is 0 Å². The van der Waals surface area contributed by atoms with Gasteiger partial charge in [-0.15, -0.1) is 0 Å². The third-order valence-corrected chi connectivity index (χ3v) is 3.82. The Labute approximate surface area is 93.7 Å². The number of rotatable bonds is 0. The molecule has 0 aromatic heterocycles. The molecule has 1 rings (SSSR count). The summed E-state index contributed by atoms with van der Waals surface area (Å²) in [6.07, 6.45) is 0.343. The topological polar surface area (TPSA) is 54.5 Å². The molecule has 15 heavy (non-hydrogen) atoms. The molecule has 0 saturated carbocycles. The fourth-order valence-corrected chi connectivity index (χ4v) is 2.56. The summed E-state index contributed by atoms with van der Waals surface area (Å²) in [5.41, 5.74) is 0. The highest BCUT2D eigenvalue weighted by Gasteiger charge is 2.32. The summed E-state index contributed by atoms with van der Waals surface area (Å²) >= 11 is 0. The fraction of sp³-hybridized carbons (Fsp3) is 0.900. The Morgan fingerprint density at radius 2 is 1.60 bits per heavy atom. The predicted octanol–water partition coefficient (Wildman–Crippen LogP) is 1.87. The molecule has 0 N–H and O–H groups in total. The van der Waals surface area contributed by atoms with Crippen molar-refractivity contribution in [3.63, 3.8) is 0 Å². The van der Waals surface area contributed by atoms with Crippen LogP contribution in [0.15, 0.2) is 0 Å². The second-order valence-corrected chi connectivity index (χ2v) is 4.99. The van der Waals surface area contributed by atoms with Crippen molar-refractivity contribution in [3.8, 4) is 0 Å². The molecular formula is C10H23NO3S. The van der Waals surface area contributed by atoms with Gasteiger partial charge in [0.2, 0.25) is 15.9 Å². The Balaban J connectivity index is 0. The average molecular weight is 237 g/mol. The third-order valence-electron chi connectivity index (χ3n) is 1.79. The molecule has 1 fully saturated rings. The van der Waals surface area contributed by atoms with Crippen LogP contribution in [0.25, 0.3) is 0 Å². The normalized spacial score (nSPS) is 23.2. The van der Waals surface area contributed by atoms with Crippen LogP contribution in [-0.2, 0) is 14.8 Å². The molecule has 1 amide bonds. The van der Waals surface area contributed by atoms with Crippen molar-refractivity contribution >= 4 is 15.9 Å². The van der Waals surface area contributed by atoms with Crippen LogP contribution in [0.2, 0.25) is 0 Å². The van der Waals surface area contributed by atoms with Gasteiger partial charge in [0.1, 0.15) is 0 Å². The van der Waals surface area contributed by atoms with Gasteiger partial charge < -0.3 is 0 Å². The number of hydrogen-bond donors (Lipinski definition) is 0. The molecule has 0 aromatic carbocycles. The molecule has 1 heterocycles. The quantitative estimate of drug-likeness (QED) is 0.646. The number of nitrogens with zero attached hydrogens (tertiary/aromatic N) is 1. The minimum Gasteiger partial charge on any atom is -0.274 e. The second-order valence-electron chi connectivity index (χ2n) is 2.95. The summed E-state index contributed by atoms with van der Waals surface area (Å²) < 4.78 is 23.1. The standard InChI is InChI=1S/C6H11NO3S.2C2H6/c1-5-3-6(8)7(2)11(9,10)4-5;2*1-2/h5H,3-4H2,1-2H3;2*1-2H3. The van der Waals surface area contributed by atoms with Gasteiger partial charge in [0, 0.05) is 13.5 Å². The molecule has 0 radical (unpaired) electrons. The van der Waals surface area contributed by atoms with Crippen LogP contribution < -0.4 is 0 Å². The van der Waals surface area contributed by atoms with Gasteiger partial charge in [-0.1, -0.05) is 34.6 Å². The first-order valence-corrected chi connectivity index (χ1v) is 7.04. The van der Waals surface area contributed by atoms with Crippen molar-refractivity contribution in [2.24, 2.45) is 5.92 Å². The summed E-state index contributed by atoms with van der Waals surface area (Å²) in [6.45, 7) is 9.77. The van der Waals surface area contributed by atoms with E-state index in [2.05, 4.69) is 0 Å². The summed E-state index contributed by atoms with van der Waals surface area (Å²) in [5.74, 6) is -0.248. The van der Waals surface area contributed by atoms with E-state index >= 15 is 0 Å². The molecule has 5 heteroatoms. The lowest BCUT2D eigenvalue weighted by atomic mass is 10.1. The Morgan fingerprint density at radius 1 is 1.20 bits per heavy atom.